The van der Waals surface area contributed by atoms with Crippen LogP contribution in [0.3, 0.4) is 0 Å². The van der Waals surface area contributed by atoms with Gasteiger partial charge in [0.25, 0.3) is 0 Å². The van der Waals surface area contributed by atoms with Crippen LogP contribution < -0.4 is 0 Å². The number of carbonyl (C=O) groups excluding carboxylic acids is 1. The molecule has 0 bridgehead atoms. The first-order valence-electron chi connectivity index (χ1n) is 3.97. The zero-order valence-electron chi connectivity index (χ0n) is 7.45. The number of aldehydes is 1. The summed E-state index contributed by atoms with van der Waals surface area (Å²) in [6, 6.07) is 4.44. The number of alkyl halides is 3. The monoisotopic (exact) mass is 216 g/mol. The molecule has 0 aliphatic rings. The minimum absolute atomic E-state index is 0.0790. The second kappa shape index (κ2) is 4.16. The summed E-state index contributed by atoms with van der Waals surface area (Å²) in [6.07, 6.45) is -4.06. The zero-order valence-corrected chi connectivity index (χ0v) is 7.45. The molecular formula is C10H7F3O2. The molecule has 0 amide bonds. The lowest BCUT2D eigenvalue weighted by atomic mass is 10.1. The Bertz CT molecular complexity index is 377. The zero-order chi connectivity index (χ0) is 11.5. The van der Waals surface area contributed by atoms with Crippen LogP contribution in [0.4, 0.5) is 13.2 Å². The highest BCUT2D eigenvalue weighted by atomic mass is 19.4. The lowest BCUT2D eigenvalue weighted by molar-refractivity contribution is -0.104. The van der Waals surface area contributed by atoms with Gasteiger partial charge in [0.15, 0.2) is 0 Å². The fraction of sp³-hybridized carbons (Fsp3) is 0.100. The summed E-state index contributed by atoms with van der Waals surface area (Å²) in [7, 11) is 0. The highest BCUT2D eigenvalue weighted by Crippen LogP contribution is 2.33. The Labute approximate surface area is 83.7 Å². The average Bonchev–Trinajstić information content (AvgIpc) is 2.14. The molecule has 1 N–H and O–H groups in total. The van der Waals surface area contributed by atoms with E-state index in [4.69, 9.17) is 5.11 Å². The van der Waals surface area contributed by atoms with Gasteiger partial charge in [-0.3, -0.25) is 4.79 Å². The van der Waals surface area contributed by atoms with E-state index < -0.39 is 11.7 Å². The van der Waals surface area contributed by atoms with Gasteiger partial charge in [-0.15, -0.1) is 0 Å². The topological polar surface area (TPSA) is 37.3 Å². The van der Waals surface area contributed by atoms with Crippen LogP contribution in [0.1, 0.15) is 5.56 Å². The largest absolute Gasteiger partial charge is 0.508 e. The smallest absolute Gasteiger partial charge is 0.417 e. The lowest BCUT2D eigenvalue weighted by Crippen LogP contribution is -2.10. The van der Waals surface area contributed by atoms with E-state index in [-0.39, 0.29) is 17.6 Å². The maximum Gasteiger partial charge on any atom is 0.417 e. The van der Waals surface area contributed by atoms with E-state index in [1.165, 1.54) is 0 Å². The van der Waals surface area contributed by atoms with Crippen LogP contribution in [0.2, 0.25) is 0 Å². The van der Waals surface area contributed by atoms with Gasteiger partial charge in [-0.25, -0.2) is 0 Å². The normalized spacial score (nSPS) is 12.6. The van der Waals surface area contributed by atoms with Gasteiger partial charge in [-0.2, -0.15) is 13.2 Å². The fourth-order valence-electron chi connectivity index (χ4n) is 1.06. The second-order valence-corrected chi connectivity index (χ2v) is 2.76. The standard InChI is InChI=1S/C10H7F3O2/c11-10(12,13)9(5-6-14)7-1-3-8(15)4-2-7/h1-6,15H/b9-5+. The second-order valence-electron chi connectivity index (χ2n) is 2.76. The molecule has 0 fully saturated rings. The van der Waals surface area contributed by atoms with E-state index in [1.807, 2.05) is 0 Å². The van der Waals surface area contributed by atoms with Crippen LogP contribution in [0, 0.1) is 0 Å². The molecule has 1 aromatic carbocycles. The van der Waals surface area contributed by atoms with Crippen LogP contribution in [0.5, 0.6) is 5.75 Å². The van der Waals surface area contributed by atoms with Crippen molar-refractivity contribution in [2.75, 3.05) is 0 Å². The summed E-state index contributed by atoms with van der Waals surface area (Å²) in [5.41, 5.74) is -1.19. The predicted molar refractivity (Wildman–Crippen MR) is 48.2 cm³/mol. The number of rotatable bonds is 2. The summed E-state index contributed by atoms with van der Waals surface area (Å²) >= 11 is 0. The molecule has 0 aromatic heterocycles. The van der Waals surface area contributed by atoms with Gasteiger partial charge in [0.05, 0.1) is 5.57 Å². The Morgan fingerprint density at radius 3 is 2.13 bits per heavy atom. The highest BCUT2D eigenvalue weighted by molar-refractivity contribution is 5.83. The van der Waals surface area contributed by atoms with Crippen LogP contribution in [0.15, 0.2) is 30.3 Å². The molecule has 0 spiro atoms. The summed E-state index contributed by atoms with van der Waals surface area (Å²) in [5.74, 6) is -0.133. The third-order valence-corrected chi connectivity index (χ3v) is 1.72. The number of allylic oxidation sites excluding steroid dienone is 2. The molecule has 0 aliphatic carbocycles. The molecule has 1 rings (SSSR count). The van der Waals surface area contributed by atoms with Crippen molar-refractivity contribution in [1.29, 1.82) is 0 Å². The molecule has 0 atom stereocenters. The molecule has 0 radical (unpaired) electrons. The van der Waals surface area contributed by atoms with E-state index in [2.05, 4.69) is 0 Å². The predicted octanol–water partition coefficient (Wildman–Crippen LogP) is 2.54. The molecule has 0 heterocycles. The Morgan fingerprint density at radius 1 is 1.20 bits per heavy atom. The number of phenols is 1. The van der Waals surface area contributed by atoms with Crippen molar-refractivity contribution in [3.8, 4) is 5.75 Å². The first-order chi connectivity index (χ1) is 6.95. The number of hydrogen-bond donors (Lipinski definition) is 1. The molecule has 2 nitrogen and oxygen atoms in total. The van der Waals surface area contributed by atoms with Crippen molar-refractivity contribution < 1.29 is 23.1 Å². The lowest BCUT2D eigenvalue weighted by Gasteiger charge is -2.10. The maximum absolute atomic E-state index is 12.4. The number of carbonyl (C=O) groups is 1. The van der Waals surface area contributed by atoms with E-state index in [0.717, 1.165) is 24.3 Å². The van der Waals surface area contributed by atoms with Crippen LogP contribution in [-0.4, -0.2) is 17.6 Å². The first-order valence-corrected chi connectivity index (χ1v) is 3.97. The molecule has 0 aliphatic heterocycles. The third kappa shape index (κ3) is 2.83. The van der Waals surface area contributed by atoms with E-state index in [0.29, 0.717) is 6.08 Å². The van der Waals surface area contributed by atoms with Crippen LogP contribution in [0.25, 0.3) is 5.57 Å². The Balaban J connectivity index is 3.17. The van der Waals surface area contributed by atoms with Gasteiger partial charge >= 0.3 is 6.18 Å². The van der Waals surface area contributed by atoms with Gasteiger partial charge in [0, 0.05) is 0 Å². The van der Waals surface area contributed by atoms with E-state index in [9.17, 15) is 18.0 Å². The molecule has 0 unspecified atom stereocenters. The molecular weight excluding hydrogens is 209 g/mol. The Kier molecular flexibility index (Phi) is 3.14. The molecule has 5 heteroatoms. The summed E-state index contributed by atoms with van der Waals surface area (Å²) in [4.78, 5) is 10.1. The number of phenolic OH excluding ortho intramolecular Hbond substituents is 1. The van der Waals surface area contributed by atoms with Crippen molar-refractivity contribution in [3.63, 3.8) is 0 Å². The van der Waals surface area contributed by atoms with Crippen molar-refractivity contribution in [2.45, 2.75) is 6.18 Å². The first kappa shape index (κ1) is 11.3. The van der Waals surface area contributed by atoms with Gasteiger partial charge in [-0.05, 0) is 23.8 Å². The Morgan fingerprint density at radius 2 is 1.73 bits per heavy atom. The number of hydrogen-bond acceptors (Lipinski definition) is 2. The summed E-state index contributed by atoms with van der Waals surface area (Å²) < 4.78 is 37.2. The minimum atomic E-state index is -4.59. The van der Waals surface area contributed by atoms with Gasteiger partial charge in [-0.1, -0.05) is 12.1 Å². The third-order valence-electron chi connectivity index (χ3n) is 1.72. The molecule has 15 heavy (non-hydrogen) atoms. The molecule has 0 saturated heterocycles. The van der Waals surface area contributed by atoms with Crippen molar-refractivity contribution >= 4 is 11.9 Å². The fourth-order valence-corrected chi connectivity index (χ4v) is 1.06. The SMILES string of the molecule is O=C/C=C(\c1ccc(O)cc1)C(F)(F)F. The van der Waals surface area contributed by atoms with Crippen molar-refractivity contribution in [1.82, 2.24) is 0 Å². The Hall–Kier alpha value is -1.78. The van der Waals surface area contributed by atoms with Crippen LogP contribution in [-0.2, 0) is 4.79 Å². The average molecular weight is 216 g/mol. The van der Waals surface area contributed by atoms with Crippen molar-refractivity contribution in [3.05, 3.63) is 35.9 Å². The van der Waals surface area contributed by atoms with E-state index >= 15 is 0 Å². The number of aromatic hydroxyl groups is 1. The van der Waals surface area contributed by atoms with Gasteiger partial charge in [0.2, 0.25) is 0 Å². The highest BCUT2D eigenvalue weighted by Gasteiger charge is 2.34. The number of halogens is 3. The summed E-state index contributed by atoms with van der Waals surface area (Å²) in [5, 5.41) is 8.90. The molecule has 1 aromatic rings. The minimum Gasteiger partial charge on any atom is -0.508 e. The van der Waals surface area contributed by atoms with Crippen LogP contribution >= 0.6 is 0 Å². The molecule has 80 valence electrons. The number of benzene rings is 1. The van der Waals surface area contributed by atoms with E-state index in [1.54, 1.807) is 0 Å². The summed E-state index contributed by atoms with van der Waals surface area (Å²) in [6.45, 7) is 0. The molecule has 0 saturated carbocycles. The maximum atomic E-state index is 12.4. The quantitative estimate of drug-likeness (QED) is 0.609. The van der Waals surface area contributed by atoms with Gasteiger partial charge in [0.1, 0.15) is 12.0 Å². The van der Waals surface area contributed by atoms with Gasteiger partial charge < -0.3 is 5.11 Å². The van der Waals surface area contributed by atoms with Crippen molar-refractivity contribution in [2.24, 2.45) is 0 Å².